The third kappa shape index (κ3) is 3.78. The summed E-state index contributed by atoms with van der Waals surface area (Å²) < 4.78 is 0. The van der Waals surface area contributed by atoms with Crippen molar-refractivity contribution in [1.29, 1.82) is 0 Å². The van der Waals surface area contributed by atoms with E-state index < -0.39 is 5.97 Å². The minimum atomic E-state index is -1.06. The van der Waals surface area contributed by atoms with Crippen molar-refractivity contribution < 1.29 is 14.7 Å². The van der Waals surface area contributed by atoms with Gasteiger partial charge in [0.1, 0.15) is 4.83 Å². The van der Waals surface area contributed by atoms with Crippen molar-refractivity contribution in [3.8, 4) is 0 Å². The lowest BCUT2D eigenvalue weighted by Gasteiger charge is -2.06. The highest BCUT2D eigenvalue weighted by Crippen LogP contribution is 2.27. The van der Waals surface area contributed by atoms with Gasteiger partial charge in [-0.3, -0.25) is 9.59 Å². The highest BCUT2D eigenvalue weighted by atomic mass is 32.2. The molecule has 0 saturated heterocycles. The van der Waals surface area contributed by atoms with Crippen LogP contribution in [0.15, 0.2) is 34.2 Å². The van der Waals surface area contributed by atoms with Crippen LogP contribution in [0.25, 0.3) is 10.2 Å². The quantitative estimate of drug-likeness (QED) is 0.457. The number of carbonyl (C=O) groups excluding carboxylic acids is 1. The lowest BCUT2D eigenvalue weighted by atomic mass is 10.2. The number of aromatic carboxylic acids is 1. The molecule has 3 aromatic rings. The van der Waals surface area contributed by atoms with Crippen molar-refractivity contribution >= 4 is 50.9 Å². The highest BCUT2D eigenvalue weighted by Gasteiger charge is 2.13. The summed E-state index contributed by atoms with van der Waals surface area (Å²) in [6.45, 7) is 3.82. The molecule has 9 heteroatoms. The standard InChI is InChI=1S/C17H15N3O4S2/c1-8-9(2)26-15-13(8)14(22)19-17(20-15)25-7-12(21)18-11-5-3-4-10(6-11)16(23)24/h3-6H,7H2,1-2H3,(H,18,21)(H,23,24)(H,19,20,22). The van der Waals surface area contributed by atoms with Gasteiger partial charge in [-0.05, 0) is 37.6 Å². The number of hydrogen-bond acceptors (Lipinski definition) is 6. The Labute approximate surface area is 156 Å². The largest absolute Gasteiger partial charge is 0.478 e. The number of thioether (sulfide) groups is 1. The van der Waals surface area contributed by atoms with Gasteiger partial charge in [-0.2, -0.15) is 0 Å². The number of hydrogen-bond donors (Lipinski definition) is 3. The molecule has 26 heavy (non-hydrogen) atoms. The van der Waals surface area contributed by atoms with E-state index >= 15 is 0 Å². The molecule has 0 spiro atoms. The van der Waals surface area contributed by atoms with E-state index in [2.05, 4.69) is 15.3 Å². The first kappa shape index (κ1) is 18.2. The van der Waals surface area contributed by atoms with Crippen molar-refractivity contribution in [3.63, 3.8) is 0 Å². The lowest BCUT2D eigenvalue weighted by Crippen LogP contribution is -2.15. The summed E-state index contributed by atoms with van der Waals surface area (Å²) in [5.41, 5.74) is 1.20. The van der Waals surface area contributed by atoms with Gasteiger partial charge in [0.25, 0.3) is 5.56 Å². The summed E-state index contributed by atoms with van der Waals surface area (Å²) >= 11 is 2.56. The second-order valence-electron chi connectivity index (χ2n) is 5.56. The summed E-state index contributed by atoms with van der Waals surface area (Å²) in [5.74, 6) is -1.35. The molecule has 0 aliphatic rings. The van der Waals surface area contributed by atoms with Crippen LogP contribution >= 0.6 is 23.1 Å². The normalized spacial score (nSPS) is 10.8. The van der Waals surface area contributed by atoms with Crippen molar-refractivity contribution in [3.05, 3.63) is 50.6 Å². The maximum Gasteiger partial charge on any atom is 0.335 e. The Morgan fingerprint density at radius 2 is 2.12 bits per heavy atom. The number of carbonyl (C=O) groups is 2. The number of carboxylic acids is 1. The molecule has 3 rings (SSSR count). The van der Waals surface area contributed by atoms with Gasteiger partial charge in [0, 0.05) is 10.6 Å². The highest BCUT2D eigenvalue weighted by molar-refractivity contribution is 7.99. The number of rotatable bonds is 5. The number of nitrogens with one attached hydrogen (secondary N) is 2. The monoisotopic (exact) mass is 389 g/mol. The van der Waals surface area contributed by atoms with Crippen LogP contribution < -0.4 is 10.9 Å². The van der Waals surface area contributed by atoms with E-state index in [1.165, 1.54) is 23.5 Å². The fourth-order valence-electron chi connectivity index (χ4n) is 2.36. The Kier molecular flexibility index (Phi) is 5.10. The van der Waals surface area contributed by atoms with Gasteiger partial charge in [0.05, 0.1) is 16.7 Å². The first-order valence-electron chi connectivity index (χ1n) is 7.61. The van der Waals surface area contributed by atoms with Crippen molar-refractivity contribution in [2.75, 3.05) is 11.1 Å². The van der Waals surface area contributed by atoms with Crippen molar-refractivity contribution in [2.24, 2.45) is 0 Å². The minimum Gasteiger partial charge on any atom is -0.478 e. The SMILES string of the molecule is Cc1sc2nc(SCC(=O)Nc3cccc(C(=O)O)c3)[nH]c(=O)c2c1C. The van der Waals surface area contributed by atoms with Crippen LogP contribution in [0.4, 0.5) is 5.69 Å². The van der Waals surface area contributed by atoms with Crippen LogP contribution in [-0.2, 0) is 4.79 Å². The number of aryl methyl sites for hydroxylation is 2. The molecule has 2 aromatic heterocycles. The maximum absolute atomic E-state index is 12.2. The van der Waals surface area contributed by atoms with Gasteiger partial charge >= 0.3 is 5.97 Å². The van der Waals surface area contributed by atoms with E-state index in [1.54, 1.807) is 12.1 Å². The van der Waals surface area contributed by atoms with Crippen molar-refractivity contribution in [2.45, 2.75) is 19.0 Å². The Morgan fingerprint density at radius 3 is 2.85 bits per heavy atom. The van der Waals surface area contributed by atoms with Gasteiger partial charge in [0.2, 0.25) is 5.91 Å². The molecule has 1 amide bonds. The van der Waals surface area contributed by atoms with Gasteiger partial charge in [-0.25, -0.2) is 9.78 Å². The van der Waals surface area contributed by atoms with E-state index in [4.69, 9.17) is 5.11 Å². The number of anilines is 1. The lowest BCUT2D eigenvalue weighted by molar-refractivity contribution is -0.113. The summed E-state index contributed by atoms with van der Waals surface area (Å²) in [6.07, 6.45) is 0. The van der Waals surface area contributed by atoms with Gasteiger partial charge < -0.3 is 15.4 Å². The van der Waals surface area contributed by atoms with Crippen LogP contribution in [-0.4, -0.2) is 32.7 Å². The molecule has 0 bridgehead atoms. The van der Waals surface area contributed by atoms with E-state index in [1.807, 2.05) is 13.8 Å². The summed E-state index contributed by atoms with van der Waals surface area (Å²) in [4.78, 5) is 44.0. The Morgan fingerprint density at radius 1 is 1.35 bits per heavy atom. The van der Waals surface area contributed by atoms with E-state index in [9.17, 15) is 14.4 Å². The predicted octanol–water partition coefficient (Wildman–Crippen LogP) is 3.03. The molecule has 0 aliphatic heterocycles. The molecular formula is C17H15N3O4S2. The Hall–Kier alpha value is -2.65. The number of amides is 1. The number of aromatic amines is 1. The number of thiophene rings is 1. The average molecular weight is 389 g/mol. The van der Waals surface area contributed by atoms with Gasteiger partial charge in [0.15, 0.2) is 5.16 Å². The zero-order valence-electron chi connectivity index (χ0n) is 14.0. The maximum atomic E-state index is 12.2. The number of carboxylic acid groups (broad SMARTS) is 1. The molecule has 0 radical (unpaired) electrons. The topological polar surface area (TPSA) is 112 Å². The average Bonchev–Trinajstić information content (AvgIpc) is 2.88. The van der Waals surface area contributed by atoms with Crippen LogP contribution in [0, 0.1) is 13.8 Å². The molecule has 3 N–H and O–H groups in total. The van der Waals surface area contributed by atoms with Gasteiger partial charge in [-0.15, -0.1) is 11.3 Å². The second-order valence-corrected chi connectivity index (χ2v) is 7.72. The van der Waals surface area contributed by atoms with Crippen molar-refractivity contribution in [1.82, 2.24) is 9.97 Å². The summed E-state index contributed by atoms with van der Waals surface area (Å²) in [7, 11) is 0. The first-order valence-corrected chi connectivity index (χ1v) is 9.41. The number of benzene rings is 1. The zero-order chi connectivity index (χ0) is 18.8. The molecule has 0 unspecified atom stereocenters. The third-order valence-electron chi connectivity index (χ3n) is 3.75. The Balaban J connectivity index is 1.70. The molecule has 2 heterocycles. The summed E-state index contributed by atoms with van der Waals surface area (Å²) in [6, 6.07) is 5.99. The Bertz CT molecular complexity index is 1070. The van der Waals surface area contributed by atoms with Crippen LogP contribution in [0.2, 0.25) is 0 Å². The molecule has 134 valence electrons. The molecule has 7 nitrogen and oxygen atoms in total. The van der Waals surface area contributed by atoms with Crippen LogP contribution in [0.1, 0.15) is 20.8 Å². The smallest absolute Gasteiger partial charge is 0.335 e. The fraction of sp³-hybridized carbons (Fsp3) is 0.176. The molecule has 0 aliphatic carbocycles. The van der Waals surface area contributed by atoms with Crippen LogP contribution in [0.3, 0.4) is 0 Å². The first-order chi connectivity index (χ1) is 12.3. The molecule has 0 saturated carbocycles. The molecule has 0 atom stereocenters. The fourth-order valence-corrected chi connectivity index (χ4v) is 4.11. The zero-order valence-corrected chi connectivity index (χ0v) is 15.6. The second kappa shape index (κ2) is 7.30. The molecule has 1 aromatic carbocycles. The predicted molar refractivity (Wildman–Crippen MR) is 102 cm³/mol. The number of nitrogens with zero attached hydrogens (tertiary/aromatic N) is 1. The van der Waals surface area contributed by atoms with Gasteiger partial charge in [-0.1, -0.05) is 17.8 Å². The third-order valence-corrected chi connectivity index (χ3v) is 5.73. The van der Waals surface area contributed by atoms with E-state index in [-0.39, 0.29) is 22.8 Å². The summed E-state index contributed by atoms with van der Waals surface area (Å²) in [5, 5.41) is 12.6. The minimum absolute atomic E-state index is 0.0368. The molecular weight excluding hydrogens is 374 g/mol. The van der Waals surface area contributed by atoms with E-state index in [0.717, 1.165) is 22.2 Å². The molecule has 0 fully saturated rings. The number of aromatic nitrogens is 2. The number of H-pyrrole nitrogens is 1. The van der Waals surface area contributed by atoms with Crippen LogP contribution in [0.5, 0.6) is 0 Å². The van der Waals surface area contributed by atoms with E-state index in [0.29, 0.717) is 21.1 Å². The number of fused-ring (bicyclic) bond motifs is 1.